The number of aromatic carboxylic acids is 2. The average molecular weight is 564 g/mol. The molecule has 7 nitrogen and oxygen atoms in total. The third-order valence-electron chi connectivity index (χ3n) is 5.03. The number of thiophene rings is 2. The van der Waals surface area contributed by atoms with Gasteiger partial charge >= 0.3 is 18.3 Å². The number of carbonyl (C=O) groups is 3. The number of hydrogen-bond acceptors (Lipinski definition) is 6. The SMILES string of the molecule is Cc1ccc(C(=O)N(C)c2c(-c3ccc(OC(F)(F)F)cc3)csc2C(=O)O)cc1.O=C(O)c1cccs1. The zero-order valence-corrected chi connectivity index (χ0v) is 21.5. The third kappa shape index (κ3) is 7.20. The molecule has 198 valence electrons. The van der Waals surface area contributed by atoms with Crippen molar-refractivity contribution in [3.05, 3.63) is 92.3 Å². The Morgan fingerprint density at radius 1 is 0.895 bits per heavy atom. The molecule has 0 aliphatic heterocycles. The van der Waals surface area contributed by atoms with Crippen molar-refractivity contribution < 1.29 is 42.5 Å². The van der Waals surface area contributed by atoms with Crippen LogP contribution in [0.5, 0.6) is 5.75 Å². The number of halogens is 3. The number of nitrogens with zero attached hydrogens (tertiary/aromatic N) is 1. The van der Waals surface area contributed by atoms with E-state index in [-0.39, 0.29) is 10.6 Å². The van der Waals surface area contributed by atoms with E-state index >= 15 is 0 Å². The normalized spacial score (nSPS) is 10.8. The Morgan fingerprint density at radius 3 is 2.00 bits per heavy atom. The van der Waals surface area contributed by atoms with Crippen LogP contribution in [0.2, 0.25) is 0 Å². The van der Waals surface area contributed by atoms with Crippen LogP contribution in [0.15, 0.2) is 71.4 Å². The van der Waals surface area contributed by atoms with Gasteiger partial charge < -0.3 is 19.8 Å². The minimum atomic E-state index is -4.81. The monoisotopic (exact) mass is 563 g/mol. The lowest BCUT2D eigenvalue weighted by Crippen LogP contribution is -2.27. The Kier molecular flexibility index (Phi) is 8.92. The third-order valence-corrected chi connectivity index (χ3v) is 6.84. The van der Waals surface area contributed by atoms with Crippen molar-refractivity contribution in [2.24, 2.45) is 0 Å². The van der Waals surface area contributed by atoms with Gasteiger partial charge in [0.25, 0.3) is 5.91 Å². The maximum absolute atomic E-state index is 12.9. The Bertz CT molecular complexity index is 1410. The molecule has 38 heavy (non-hydrogen) atoms. The van der Waals surface area contributed by atoms with Crippen molar-refractivity contribution in [1.29, 1.82) is 0 Å². The van der Waals surface area contributed by atoms with Gasteiger partial charge in [-0.05, 0) is 48.2 Å². The molecule has 0 saturated carbocycles. The molecule has 12 heteroatoms. The molecule has 0 unspecified atom stereocenters. The first-order valence-corrected chi connectivity index (χ1v) is 12.5. The van der Waals surface area contributed by atoms with Gasteiger partial charge in [-0.15, -0.1) is 35.8 Å². The molecule has 4 rings (SSSR count). The number of hydrogen-bond donors (Lipinski definition) is 2. The van der Waals surface area contributed by atoms with E-state index in [1.54, 1.807) is 47.2 Å². The second kappa shape index (κ2) is 11.9. The summed E-state index contributed by atoms with van der Waals surface area (Å²) in [7, 11) is 1.46. The zero-order valence-electron chi connectivity index (χ0n) is 19.9. The largest absolute Gasteiger partial charge is 0.573 e. The molecular formula is C26H20F3NO6S2. The minimum absolute atomic E-state index is 0.0522. The van der Waals surface area contributed by atoms with E-state index in [2.05, 4.69) is 4.74 Å². The highest BCUT2D eigenvalue weighted by atomic mass is 32.1. The van der Waals surface area contributed by atoms with Crippen LogP contribution in [0, 0.1) is 6.92 Å². The van der Waals surface area contributed by atoms with Gasteiger partial charge in [0, 0.05) is 23.6 Å². The molecule has 0 bridgehead atoms. The van der Waals surface area contributed by atoms with Crippen LogP contribution in [0.4, 0.5) is 18.9 Å². The fourth-order valence-electron chi connectivity index (χ4n) is 3.27. The van der Waals surface area contributed by atoms with Crippen molar-refractivity contribution in [1.82, 2.24) is 0 Å². The van der Waals surface area contributed by atoms with Gasteiger partial charge in [-0.25, -0.2) is 9.59 Å². The maximum Gasteiger partial charge on any atom is 0.573 e. The number of aryl methyl sites for hydroxylation is 1. The first kappa shape index (κ1) is 28.4. The highest BCUT2D eigenvalue weighted by Gasteiger charge is 2.31. The van der Waals surface area contributed by atoms with Crippen molar-refractivity contribution in [3.63, 3.8) is 0 Å². The molecule has 2 aromatic carbocycles. The Hall–Kier alpha value is -4.16. The lowest BCUT2D eigenvalue weighted by atomic mass is 10.0. The molecule has 2 heterocycles. The number of ether oxygens (including phenoxy) is 1. The molecule has 4 aromatic rings. The van der Waals surface area contributed by atoms with Crippen LogP contribution in [-0.4, -0.2) is 41.5 Å². The average Bonchev–Trinajstić information content (AvgIpc) is 3.54. The number of rotatable bonds is 6. The van der Waals surface area contributed by atoms with Crippen LogP contribution in [0.25, 0.3) is 11.1 Å². The Labute approximate surface area is 223 Å². The van der Waals surface area contributed by atoms with Crippen molar-refractivity contribution in [2.75, 3.05) is 11.9 Å². The maximum atomic E-state index is 12.9. The molecule has 0 atom stereocenters. The molecule has 0 radical (unpaired) electrons. The summed E-state index contributed by atoms with van der Waals surface area (Å²) in [6.45, 7) is 1.88. The van der Waals surface area contributed by atoms with E-state index in [9.17, 15) is 32.7 Å². The summed E-state index contributed by atoms with van der Waals surface area (Å²) in [6, 6.07) is 15.1. The van der Waals surface area contributed by atoms with E-state index < -0.39 is 30.0 Å². The second-order valence-corrected chi connectivity index (χ2v) is 9.54. The predicted molar refractivity (Wildman–Crippen MR) is 139 cm³/mol. The Morgan fingerprint density at radius 2 is 1.53 bits per heavy atom. The van der Waals surface area contributed by atoms with Crippen LogP contribution in [0.3, 0.4) is 0 Å². The lowest BCUT2D eigenvalue weighted by molar-refractivity contribution is -0.274. The van der Waals surface area contributed by atoms with Gasteiger partial charge in [-0.2, -0.15) is 0 Å². The standard InChI is InChI=1S/C21H16F3NO4S.C5H4O2S/c1-12-3-5-14(6-4-12)19(26)25(2)17-16(11-30-18(17)20(27)28)13-7-9-15(10-8-13)29-21(22,23)24;6-5(7)4-2-1-3-8-4/h3-11H,1-2H3,(H,27,28);1-3H,(H,6,7). The number of anilines is 1. The van der Waals surface area contributed by atoms with Crippen molar-refractivity contribution in [2.45, 2.75) is 13.3 Å². The number of carboxylic acids is 2. The first-order valence-electron chi connectivity index (χ1n) is 10.7. The highest BCUT2D eigenvalue weighted by Crippen LogP contribution is 2.40. The number of carbonyl (C=O) groups excluding carboxylic acids is 1. The van der Waals surface area contributed by atoms with E-state index in [0.29, 0.717) is 21.6 Å². The molecule has 0 saturated heterocycles. The summed E-state index contributed by atoms with van der Waals surface area (Å²) >= 11 is 2.16. The molecule has 2 N–H and O–H groups in total. The smallest absolute Gasteiger partial charge is 0.477 e. The molecule has 0 fully saturated rings. The summed E-state index contributed by atoms with van der Waals surface area (Å²) in [6.07, 6.45) is -4.81. The van der Waals surface area contributed by atoms with Crippen molar-refractivity contribution in [3.8, 4) is 16.9 Å². The summed E-state index contributed by atoms with van der Waals surface area (Å²) < 4.78 is 41.0. The van der Waals surface area contributed by atoms with Crippen LogP contribution >= 0.6 is 22.7 Å². The predicted octanol–water partition coefficient (Wildman–Crippen LogP) is 7.04. The zero-order chi connectivity index (χ0) is 28.0. The van der Waals surface area contributed by atoms with Crippen LogP contribution in [0.1, 0.15) is 35.3 Å². The number of carboxylic acid groups (broad SMARTS) is 2. The fourth-order valence-corrected chi connectivity index (χ4v) is 4.77. The first-order chi connectivity index (χ1) is 17.9. The van der Waals surface area contributed by atoms with Crippen molar-refractivity contribution >= 4 is 46.2 Å². The topological polar surface area (TPSA) is 104 Å². The number of benzene rings is 2. The molecule has 0 aliphatic carbocycles. The molecular weight excluding hydrogens is 543 g/mol. The van der Waals surface area contributed by atoms with Gasteiger partial charge in [0.2, 0.25) is 0 Å². The summed E-state index contributed by atoms with van der Waals surface area (Å²) in [5.41, 5.74) is 2.39. The summed E-state index contributed by atoms with van der Waals surface area (Å²) in [5, 5.41) is 21.1. The van der Waals surface area contributed by atoms with Gasteiger partial charge in [-0.3, -0.25) is 4.79 Å². The number of alkyl halides is 3. The lowest BCUT2D eigenvalue weighted by Gasteiger charge is -2.20. The van der Waals surface area contributed by atoms with E-state index in [4.69, 9.17) is 5.11 Å². The molecule has 0 spiro atoms. The van der Waals surface area contributed by atoms with E-state index in [1.807, 2.05) is 6.92 Å². The van der Waals surface area contributed by atoms with Gasteiger partial charge in [-0.1, -0.05) is 35.9 Å². The summed E-state index contributed by atoms with van der Waals surface area (Å²) in [5.74, 6) is -2.86. The quantitative estimate of drug-likeness (QED) is 0.261. The summed E-state index contributed by atoms with van der Waals surface area (Å²) in [4.78, 5) is 36.3. The highest BCUT2D eigenvalue weighted by molar-refractivity contribution is 7.13. The van der Waals surface area contributed by atoms with E-state index in [1.165, 1.54) is 35.4 Å². The Balaban J connectivity index is 0.000000427. The van der Waals surface area contributed by atoms with Gasteiger partial charge in [0.05, 0.1) is 5.69 Å². The van der Waals surface area contributed by atoms with Crippen LogP contribution < -0.4 is 9.64 Å². The molecule has 1 amide bonds. The van der Waals surface area contributed by atoms with Gasteiger partial charge in [0.15, 0.2) is 0 Å². The van der Waals surface area contributed by atoms with Crippen LogP contribution in [-0.2, 0) is 0 Å². The minimum Gasteiger partial charge on any atom is -0.477 e. The number of amides is 1. The second-order valence-electron chi connectivity index (χ2n) is 7.72. The van der Waals surface area contributed by atoms with Gasteiger partial charge in [0.1, 0.15) is 15.5 Å². The molecule has 2 aromatic heterocycles. The molecule has 0 aliphatic rings. The fraction of sp³-hybridized carbons (Fsp3) is 0.115. The van der Waals surface area contributed by atoms with E-state index in [0.717, 1.165) is 29.0 Å².